The van der Waals surface area contributed by atoms with Gasteiger partial charge >= 0.3 is 12.2 Å². The topological polar surface area (TPSA) is 41.1 Å². The van der Waals surface area contributed by atoms with Gasteiger partial charge in [-0.2, -0.15) is 13.2 Å². The number of hydrogen-bond donors (Lipinski definition) is 2. The number of rotatable bonds is 3. The van der Waals surface area contributed by atoms with E-state index in [9.17, 15) is 18.0 Å². The summed E-state index contributed by atoms with van der Waals surface area (Å²) < 4.78 is 38.1. The minimum atomic E-state index is -4.17. The highest BCUT2D eigenvalue weighted by molar-refractivity contribution is 5.74. The smallest absolute Gasteiger partial charge is 0.335 e. The van der Waals surface area contributed by atoms with Crippen LogP contribution in [0.15, 0.2) is 30.3 Å². The van der Waals surface area contributed by atoms with Gasteiger partial charge < -0.3 is 10.6 Å². The van der Waals surface area contributed by atoms with Crippen LogP contribution in [0.2, 0.25) is 0 Å². The van der Waals surface area contributed by atoms with Crippen molar-refractivity contribution < 1.29 is 18.0 Å². The molecule has 0 bridgehead atoms. The van der Waals surface area contributed by atoms with E-state index in [4.69, 9.17) is 0 Å². The van der Waals surface area contributed by atoms with Crippen molar-refractivity contribution in [2.75, 3.05) is 0 Å². The van der Waals surface area contributed by atoms with E-state index in [-0.39, 0.29) is 12.8 Å². The standard InChI is InChI=1S/C15H19F3N2O/c16-15(17,18)12-7-4-8-13(9-12)20-14(21)19-10-11-5-2-1-3-6-11/h1-3,5-6,12-13H,4,7-10H2,(H2,19,20,21)/t12-,13-/m0/s1. The largest absolute Gasteiger partial charge is 0.391 e. The molecule has 116 valence electrons. The van der Waals surface area contributed by atoms with Crippen LogP contribution in [-0.2, 0) is 6.54 Å². The third kappa shape index (κ3) is 4.95. The van der Waals surface area contributed by atoms with E-state index in [1.165, 1.54) is 0 Å². The van der Waals surface area contributed by atoms with Crippen molar-refractivity contribution in [2.24, 2.45) is 5.92 Å². The number of alkyl halides is 3. The average molecular weight is 300 g/mol. The molecular formula is C15H19F3N2O. The molecule has 0 unspecified atom stereocenters. The van der Waals surface area contributed by atoms with Gasteiger partial charge in [0, 0.05) is 12.6 Å². The van der Waals surface area contributed by atoms with Crippen molar-refractivity contribution in [2.45, 2.75) is 44.4 Å². The summed E-state index contributed by atoms with van der Waals surface area (Å²) in [6, 6.07) is 8.55. The number of nitrogens with one attached hydrogen (secondary N) is 2. The van der Waals surface area contributed by atoms with Gasteiger partial charge in [0.25, 0.3) is 0 Å². The van der Waals surface area contributed by atoms with Crippen LogP contribution >= 0.6 is 0 Å². The van der Waals surface area contributed by atoms with Gasteiger partial charge in [-0.25, -0.2) is 4.79 Å². The van der Waals surface area contributed by atoms with Crippen molar-refractivity contribution in [1.29, 1.82) is 0 Å². The Bertz CT molecular complexity index is 462. The Hall–Kier alpha value is -1.72. The second-order valence-corrected chi connectivity index (χ2v) is 5.41. The Balaban J connectivity index is 1.77. The SMILES string of the molecule is O=C(NCc1ccccc1)N[C@H]1CCC[C@H](C(F)(F)F)C1. The van der Waals surface area contributed by atoms with E-state index in [0.29, 0.717) is 19.4 Å². The molecule has 0 aliphatic heterocycles. The molecule has 3 nitrogen and oxygen atoms in total. The molecule has 6 heteroatoms. The Labute approximate surface area is 121 Å². The van der Waals surface area contributed by atoms with Crippen molar-refractivity contribution in [3.05, 3.63) is 35.9 Å². The van der Waals surface area contributed by atoms with E-state index in [2.05, 4.69) is 10.6 Å². The van der Waals surface area contributed by atoms with Gasteiger partial charge in [-0.15, -0.1) is 0 Å². The molecular weight excluding hydrogens is 281 g/mol. The molecule has 2 rings (SSSR count). The summed E-state index contributed by atoms with van der Waals surface area (Å²) in [5, 5.41) is 5.31. The molecule has 2 atom stereocenters. The first-order valence-electron chi connectivity index (χ1n) is 7.10. The summed E-state index contributed by atoms with van der Waals surface area (Å²) in [4.78, 5) is 11.7. The zero-order chi connectivity index (χ0) is 15.3. The fourth-order valence-electron chi connectivity index (χ4n) is 2.63. The number of carbonyl (C=O) groups excluding carboxylic acids is 1. The van der Waals surface area contributed by atoms with Crippen LogP contribution in [0.1, 0.15) is 31.2 Å². The first-order chi connectivity index (χ1) is 9.95. The maximum absolute atomic E-state index is 12.7. The summed E-state index contributed by atoms with van der Waals surface area (Å²) in [5.41, 5.74) is 0.949. The molecule has 0 saturated heterocycles. The Morgan fingerprint density at radius 2 is 1.90 bits per heavy atom. The first-order valence-corrected chi connectivity index (χ1v) is 7.10. The minimum Gasteiger partial charge on any atom is -0.335 e. The molecule has 1 aliphatic carbocycles. The molecule has 0 heterocycles. The monoisotopic (exact) mass is 300 g/mol. The fourth-order valence-corrected chi connectivity index (χ4v) is 2.63. The van der Waals surface area contributed by atoms with E-state index in [1.807, 2.05) is 30.3 Å². The van der Waals surface area contributed by atoms with Crippen LogP contribution in [0, 0.1) is 5.92 Å². The maximum atomic E-state index is 12.7. The number of urea groups is 1. The van der Waals surface area contributed by atoms with Crippen LogP contribution < -0.4 is 10.6 Å². The van der Waals surface area contributed by atoms with Crippen LogP contribution in [0.5, 0.6) is 0 Å². The van der Waals surface area contributed by atoms with E-state index < -0.39 is 24.2 Å². The molecule has 1 aliphatic rings. The lowest BCUT2D eigenvalue weighted by Gasteiger charge is -2.31. The predicted molar refractivity (Wildman–Crippen MR) is 73.6 cm³/mol. The normalized spacial score (nSPS) is 22.6. The molecule has 2 N–H and O–H groups in total. The second kappa shape index (κ2) is 6.83. The molecule has 0 aromatic heterocycles. The predicted octanol–water partition coefficient (Wildman–Crippen LogP) is 3.61. The first kappa shape index (κ1) is 15.7. The number of hydrogen-bond acceptors (Lipinski definition) is 1. The molecule has 1 aromatic rings. The van der Waals surface area contributed by atoms with Crippen LogP contribution in [-0.4, -0.2) is 18.2 Å². The molecule has 0 radical (unpaired) electrons. The molecule has 21 heavy (non-hydrogen) atoms. The summed E-state index contributed by atoms with van der Waals surface area (Å²) >= 11 is 0. The fraction of sp³-hybridized carbons (Fsp3) is 0.533. The van der Waals surface area contributed by atoms with Gasteiger partial charge in [-0.1, -0.05) is 36.8 Å². The summed E-state index contributed by atoms with van der Waals surface area (Å²) in [5.74, 6) is -1.30. The van der Waals surface area contributed by atoms with Gasteiger partial charge in [-0.3, -0.25) is 0 Å². The van der Waals surface area contributed by atoms with Gasteiger partial charge in [0.15, 0.2) is 0 Å². The zero-order valence-electron chi connectivity index (χ0n) is 11.6. The van der Waals surface area contributed by atoms with Crippen molar-refractivity contribution in [3.8, 4) is 0 Å². The van der Waals surface area contributed by atoms with Gasteiger partial charge in [0.05, 0.1) is 5.92 Å². The maximum Gasteiger partial charge on any atom is 0.391 e. The van der Waals surface area contributed by atoms with E-state index in [0.717, 1.165) is 5.56 Å². The lowest BCUT2D eigenvalue weighted by molar-refractivity contribution is -0.183. The van der Waals surface area contributed by atoms with Gasteiger partial charge in [0.2, 0.25) is 0 Å². The van der Waals surface area contributed by atoms with Crippen molar-refractivity contribution in [1.82, 2.24) is 10.6 Å². The van der Waals surface area contributed by atoms with Crippen molar-refractivity contribution >= 4 is 6.03 Å². The van der Waals surface area contributed by atoms with E-state index in [1.54, 1.807) is 0 Å². The Morgan fingerprint density at radius 1 is 1.19 bits per heavy atom. The number of halogens is 3. The molecule has 2 amide bonds. The summed E-state index contributed by atoms with van der Waals surface area (Å²) in [7, 11) is 0. The lowest BCUT2D eigenvalue weighted by atomic mass is 9.85. The van der Waals surface area contributed by atoms with Crippen LogP contribution in [0.4, 0.5) is 18.0 Å². The average Bonchev–Trinajstić information content (AvgIpc) is 2.46. The Kier molecular flexibility index (Phi) is 5.09. The summed E-state index contributed by atoms with van der Waals surface area (Å²) in [6.07, 6.45) is -2.93. The highest BCUT2D eigenvalue weighted by Crippen LogP contribution is 2.37. The Morgan fingerprint density at radius 3 is 2.57 bits per heavy atom. The van der Waals surface area contributed by atoms with Crippen LogP contribution in [0.25, 0.3) is 0 Å². The molecule has 1 fully saturated rings. The molecule has 1 saturated carbocycles. The van der Waals surface area contributed by atoms with Gasteiger partial charge in [0.1, 0.15) is 0 Å². The minimum absolute atomic E-state index is 0.0255. The second-order valence-electron chi connectivity index (χ2n) is 5.41. The van der Waals surface area contributed by atoms with E-state index >= 15 is 0 Å². The third-order valence-corrected chi connectivity index (χ3v) is 3.77. The summed E-state index contributed by atoms with van der Waals surface area (Å²) in [6.45, 7) is 0.363. The van der Waals surface area contributed by atoms with Crippen LogP contribution in [0.3, 0.4) is 0 Å². The lowest BCUT2D eigenvalue weighted by Crippen LogP contribution is -2.45. The highest BCUT2D eigenvalue weighted by Gasteiger charge is 2.42. The van der Waals surface area contributed by atoms with Gasteiger partial charge in [-0.05, 0) is 24.8 Å². The van der Waals surface area contributed by atoms with Crippen molar-refractivity contribution in [3.63, 3.8) is 0 Å². The third-order valence-electron chi connectivity index (χ3n) is 3.77. The number of carbonyl (C=O) groups is 1. The zero-order valence-corrected chi connectivity index (χ0v) is 11.6. The number of benzene rings is 1. The quantitative estimate of drug-likeness (QED) is 0.879. The number of amides is 2. The highest BCUT2D eigenvalue weighted by atomic mass is 19.4. The molecule has 1 aromatic carbocycles. The molecule has 0 spiro atoms.